The average molecular weight is 192 g/mol. The van der Waals surface area contributed by atoms with Gasteiger partial charge in [0.05, 0.1) is 5.56 Å². The molecule has 0 spiro atoms. The van der Waals surface area contributed by atoms with Gasteiger partial charge in [0.1, 0.15) is 0 Å². The van der Waals surface area contributed by atoms with Crippen molar-refractivity contribution in [2.75, 3.05) is 0 Å². The molecule has 0 aromatic heterocycles. The molecule has 0 unspecified atom stereocenters. The summed E-state index contributed by atoms with van der Waals surface area (Å²) in [4.78, 5) is 21.0. The summed E-state index contributed by atoms with van der Waals surface area (Å²) in [6, 6.07) is 7.01. The van der Waals surface area contributed by atoms with Gasteiger partial charge in [-0.05, 0) is 23.6 Å². The van der Waals surface area contributed by atoms with Crippen LogP contribution in [-0.2, 0) is 9.53 Å². The van der Waals surface area contributed by atoms with Gasteiger partial charge in [-0.25, -0.2) is 4.79 Å². The Morgan fingerprint density at radius 2 is 1.86 bits per heavy atom. The lowest BCUT2D eigenvalue weighted by Crippen LogP contribution is -2.03. The summed E-state index contributed by atoms with van der Waals surface area (Å²) in [6.45, 7) is 4.27. The molecule has 0 fully saturated rings. The number of benzene rings is 1. The molecule has 1 aromatic rings. The second-order valence-electron chi connectivity index (χ2n) is 3.28. The molecule has 3 heteroatoms. The van der Waals surface area contributed by atoms with E-state index >= 15 is 0 Å². The second-order valence-corrected chi connectivity index (χ2v) is 3.28. The number of esters is 1. The lowest BCUT2D eigenvalue weighted by atomic mass is 10.0. The van der Waals surface area contributed by atoms with E-state index in [4.69, 9.17) is 0 Å². The molecule has 0 aliphatic rings. The summed E-state index contributed by atoms with van der Waals surface area (Å²) in [5.74, 6) is -0.193. The minimum atomic E-state index is -0.615. The topological polar surface area (TPSA) is 43.4 Å². The van der Waals surface area contributed by atoms with Crippen LogP contribution >= 0.6 is 0 Å². The molecular weight excluding hydrogens is 180 g/mol. The number of rotatable bonds is 3. The molecule has 0 heterocycles. The zero-order valence-corrected chi connectivity index (χ0v) is 8.19. The van der Waals surface area contributed by atoms with E-state index < -0.39 is 5.97 Å². The van der Waals surface area contributed by atoms with Crippen molar-refractivity contribution in [3.63, 3.8) is 0 Å². The van der Waals surface area contributed by atoms with Gasteiger partial charge in [0, 0.05) is 0 Å². The van der Waals surface area contributed by atoms with Gasteiger partial charge in [0.25, 0.3) is 0 Å². The maximum Gasteiger partial charge on any atom is 0.345 e. The van der Waals surface area contributed by atoms with Crippen LogP contribution < -0.4 is 0 Å². The van der Waals surface area contributed by atoms with Crippen molar-refractivity contribution in [3.05, 3.63) is 35.4 Å². The van der Waals surface area contributed by atoms with E-state index in [2.05, 4.69) is 18.6 Å². The van der Waals surface area contributed by atoms with Gasteiger partial charge in [-0.15, -0.1) is 0 Å². The number of hydrogen-bond donors (Lipinski definition) is 0. The summed E-state index contributed by atoms with van der Waals surface area (Å²) >= 11 is 0. The number of carbonyl (C=O) groups is 2. The maximum absolute atomic E-state index is 11.1. The third-order valence-corrected chi connectivity index (χ3v) is 1.97. The Kier molecular flexibility index (Phi) is 3.40. The normalized spacial score (nSPS) is 9.93. The fourth-order valence-corrected chi connectivity index (χ4v) is 1.12. The first kappa shape index (κ1) is 10.4. The summed E-state index contributed by atoms with van der Waals surface area (Å²) < 4.78 is 4.21. The Bertz CT molecular complexity index is 325. The van der Waals surface area contributed by atoms with Gasteiger partial charge in [-0.1, -0.05) is 26.0 Å². The molecule has 1 rings (SSSR count). The van der Waals surface area contributed by atoms with Crippen LogP contribution in [0.25, 0.3) is 0 Å². The highest BCUT2D eigenvalue weighted by molar-refractivity contribution is 5.92. The smallest absolute Gasteiger partial charge is 0.345 e. The zero-order valence-electron chi connectivity index (χ0n) is 8.19. The second kappa shape index (κ2) is 4.56. The molecular formula is C11H12O3. The zero-order chi connectivity index (χ0) is 10.6. The van der Waals surface area contributed by atoms with Gasteiger partial charge in [0.15, 0.2) is 0 Å². The molecule has 0 aliphatic heterocycles. The molecule has 0 radical (unpaired) electrons. The van der Waals surface area contributed by atoms with Crippen molar-refractivity contribution in [1.82, 2.24) is 0 Å². The number of hydrogen-bond acceptors (Lipinski definition) is 3. The first-order valence-corrected chi connectivity index (χ1v) is 4.39. The lowest BCUT2D eigenvalue weighted by Gasteiger charge is -2.04. The van der Waals surface area contributed by atoms with Crippen LogP contribution in [-0.4, -0.2) is 12.4 Å². The minimum absolute atomic E-state index is 0.138. The van der Waals surface area contributed by atoms with Crippen LogP contribution in [0.3, 0.4) is 0 Å². The summed E-state index contributed by atoms with van der Waals surface area (Å²) in [5.41, 5.74) is 1.54. The van der Waals surface area contributed by atoms with Crippen LogP contribution in [0.1, 0.15) is 35.7 Å². The monoisotopic (exact) mass is 192 g/mol. The Labute approximate surface area is 82.7 Å². The highest BCUT2D eigenvalue weighted by atomic mass is 16.6. The number of carbonyl (C=O) groups excluding carboxylic acids is 2. The van der Waals surface area contributed by atoms with Crippen molar-refractivity contribution < 1.29 is 14.3 Å². The number of ether oxygens (including phenoxy) is 1. The lowest BCUT2D eigenvalue weighted by molar-refractivity contribution is -0.123. The highest BCUT2D eigenvalue weighted by Crippen LogP contribution is 2.14. The third kappa shape index (κ3) is 2.42. The fraction of sp³-hybridized carbons (Fsp3) is 0.273. The van der Waals surface area contributed by atoms with Crippen molar-refractivity contribution in [2.24, 2.45) is 0 Å². The van der Waals surface area contributed by atoms with E-state index in [0.29, 0.717) is 11.5 Å². The molecule has 0 saturated heterocycles. The van der Waals surface area contributed by atoms with E-state index in [9.17, 15) is 9.59 Å². The minimum Gasteiger partial charge on any atom is -0.392 e. The fourth-order valence-electron chi connectivity index (χ4n) is 1.12. The molecule has 0 bridgehead atoms. The average Bonchev–Trinajstić information content (AvgIpc) is 2.18. The van der Waals surface area contributed by atoms with Crippen LogP contribution in [0.5, 0.6) is 0 Å². The highest BCUT2D eigenvalue weighted by Gasteiger charge is 2.06. The van der Waals surface area contributed by atoms with Gasteiger partial charge in [-0.3, -0.25) is 4.79 Å². The maximum atomic E-state index is 11.1. The quantitative estimate of drug-likeness (QED) is 0.418. The van der Waals surface area contributed by atoms with E-state index in [0.717, 1.165) is 5.56 Å². The van der Waals surface area contributed by atoms with Crippen LogP contribution in [0.4, 0.5) is 0 Å². The van der Waals surface area contributed by atoms with Crippen molar-refractivity contribution in [3.8, 4) is 0 Å². The first-order valence-electron chi connectivity index (χ1n) is 4.39. The van der Waals surface area contributed by atoms with Crippen LogP contribution in [0.2, 0.25) is 0 Å². The van der Waals surface area contributed by atoms with Gasteiger partial charge < -0.3 is 4.74 Å². The molecule has 0 saturated carbocycles. The Hall–Kier alpha value is -1.64. The molecule has 0 N–H and O–H groups in total. The van der Waals surface area contributed by atoms with Gasteiger partial charge in [0.2, 0.25) is 0 Å². The summed E-state index contributed by atoms with van der Waals surface area (Å²) in [6.07, 6.45) is 0. The SMILES string of the molecule is CC(C)c1ccc(C(=O)OC=O)cc1. The largest absolute Gasteiger partial charge is 0.392 e. The molecule has 0 amide bonds. The molecule has 3 nitrogen and oxygen atoms in total. The van der Waals surface area contributed by atoms with Crippen LogP contribution in [0.15, 0.2) is 24.3 Å². The van der Waals surface area contributed by atoms with Crippen molar-refractivity contribution in [1.29, 1.82) is 0 Å². The van der Waals surface area contributed by atoms with E-state index in [1.54, 1.807) is 12.1 Å². The molecule has 14 heavy (non-hydrogen) atoms. The summed E-state index contributed by atoms with van der Waals surface area (Å²) in [5, 5.41) is 0. The Morgan fingerprint density at radius 3 is 2.29 bits per heavy atom. The molecule has 0 aliphatic carbocycles. The molecule has 0 atom stereocenters. The third-order valence-electron chi connectivity index (χ3n) is 1.97. The van der Waals surface area contributed by atoms with Gasteiger partial charge >= 0.3 is 12.4 Å². The first-order chi connectivity index (χ1) is 6.65. The summed E-state index contributed by atoms with van der Waals surface area (Å²) in [7, 11) is 0. The van der Waals surface area contributed by atoms with Crippen molar-refractivity contribution >= 4 is 12.4 Å². The molecule has 74 valence electrons. The Morgan fingerprint density at radius 1 is 1.29 bits per heavy atom. The Balaban J connectivity index is 2.82. The van der Waals surface area contributed by atoms with E-state index in [1.807, 2.05) is 12.1 Å². The predicted octanol–water partition coefficient (Wildman–Crippen LogP) is 2.12. The predicted molar refractivity (Wildman–Crippen MR) is 52.0 cm³/mol. The van der Waals surface area contributed by atoms with E-state index in [1.165, 1.54) is 0 Å². The van der Waals surface area contributed by atoms with Crippen LogP contribution in [0, 0.1) is 0 Å². The van der Waals surface area contributed by atoms with E-state index in [-0.39, 0.29) is 6.47 Å². The van der Waals surface area contributed by atoms with Gasteiger partial charge in [-0.2, -0.15) is 0 Å². The van der Waals surface area contributed by atoms with Crippen molar-refractivity contribution in [2.45, 2.75) is 19.8 Å². The molecule has 1 aromatic carbocycles. The standard InChI is InChI=1S/C11H12O3/c1-8(2)9-3-5-10(6-4-9)11(13)14-7-12/h3-8H,1-2H3.